The fourth-order valence-corrected chi connectivity index (χ4v) is 5.16. The molecule has 18 heavy (non-hydrogen) atoms. The van der Waals surface area contributed by atoms with E-state index in [1.807, 2.05) is 0 Å². The second-order valence-electron chi connectivity index (χ2n) is 4.83. The van der Waals surface area contributed by atoms with Gasteiger partial charge in [-0.25, -0.2) is 0 Å². The number of unbranched alkanes of at least 4 members (excludes halogenated alkanes) is 1. The number of ether oxygens (including phenoxy) is 1. The van der Waals surface area contributed by atoms with Gasteiger partial charge < -0.3 is 0 Å². The summed E-state index contributed by atoms with van der Waals surface area (Å²) < 4.78 is 7.41. The zero-order valence-electron chi connectivity index (χ0n) is 10.9. The Morgan fingerprint density at radius 2 is 2.11 bits per heavy atom. The van der Waals surface area contributed by atoms with E-state index < -0.39 is 0 Å². The van der Waals surface area contributed by atoms with Gasteiger partial charge in [0.2, 0.25) is 0 Å². The van der Waals surface area contributed by atoms with E-state index in [9.17, 15) is 5.11 Å². The molecule has 2 rings (SSSR count). The summed E-state index contributed by atoms with van der Waals surface area (Å²) in [7, 11) is 0. The van der Waals surface area contributed by atoms with Crippen molar-refractivity contribution in [2.24, 2.45) is 0 Å². The maximum atomic E-state index is 9.28. The van der Waals surface area contributed by atoms with E-state index in [1.54, 1.807) is 0 Å². The number of aliphatic hydroxyl groups excluding tert-OH is 1. The number of rotatable bonds is 6. The van der Waals surface area contributed by atoms with Gasteiger partial charge in [0, 0.05) is 0 Å². The molecule has 1 N–H and O–H groups in total. The van der Waals surface area contributed by atoms with Crippen molar-refractivity contribution in [1.82, 2.24) is 0 Å². The summed E-state index contributed by atoms with van der Waals surface area (Å²) >= 11 is 0.462. The van der Waals surface area contributed by atoms with Gasteiger partial charge in [0.1, 0.15) is 0 Å². The van der Waals surface area contributed by atoms with E-state index in [0.717, 1.165) is 12.8 Å². The molecule has 1 aliphatic rings. The van der Waals surface area contributed by atoms with E-state index in [2.05, 4.69) is 37.3 Å². The molecule has 100 valence electrons. The van der Waals surface area contributed by atoms with Crippen LogP contribution >= 0.6 is 0 Å². The average molecular weight is 313 g/mol. The normalized spacial score (nSPS) is 27.6. The molecule has 0 amide bonds. The molecular formula is C15H22O2Se. The molecule has 1 fully saturated rings. The summed E-state index contributed by atoms with van der Waals surface area (Å²) in [6.45, 7) is 2.39. The first kappa shape index (κ1) is 14.1. The standard InChI is InChI=1S/C15H22O2Se/c1-2-3-9-14-15(10-12(11-16)17-14)18-13-7-5-4-6-8-13/h4-8,12,14-16H,2-3,9-11H2,1H3/t12-,14-,15+/m0/s1. The number of aliphatic hydroxyl groups is 1. The Bertz CT molecular complexity index is 342. The molecule has 3 atom stereocenters. The quantitative estimate of drug-likeness (QED) is 0.816. The molecule has 0 spiro atoms. The molecule has 1 heterocycles. The Hall–Kier alpha value is -0.341. The molecule has 0 saturated carbocycles. The van der Waals surface area contributed by atoms with Gasteiger partial charge in [0.05, 0.1) is 0 Å². The van der Waals surface area contributed by atoms with Gasteiger partial charge in [-0.15, -0.1) is 0 Å². The van der Waals surface area contributed by atoms with Gasteiger partial charge in [-0.2, -0.15) is 0 Å². The predicted molar refractivity (Wildman–Crippen MR) is 75.5 cm³/mol. The molecule has 2 nitrogen and oxygen atoms in total. The first-order valence-corrected chi connectivity index (χ1v) is 8.66. The van der Waals surface area contributed by atoms with Crippen LogP contribution < -0.4 is 4.46 Å². The van der Waals surface area contributed by atoms with Crippen LogP contribution in [0.2, 0.25) is 4.82 Å². The van der Waals surface area contributed by atoms with Crippen molar-refractivity contribution in [3.8, 4) is 0 Å². The minimum absolute atomic E-state index is 0.0717. The molecule has 1 aliphatic heterocycles. The number of hydrogen-bond donors (Lipinski definition) is 1. The van der Waals surface area contributed by atoms with Gasteiger partial charge >= 0.3 is 116 Å². The van der Waals surface area contributed by atoms with Crippen LogP contribution in [0.25, 0.3) is 0 Å². The van der Waals surface area contributed by atoms with Gasteiger partial charge in [-0.1, -0.05) is 0 Å². The van der Waals surface area contributed by atoms with E-state index in [0.29, 0.717) is 25.9 Å². The second kappa shape index (κ2) is 7.30. The van der Waals surface area contributed by atoms with Crippen molar-refractivity contribution < 1.29 is 9.84 Å². The molecule has 0 radical (unpaired) electrons. The first-order chi connectivity index (χ1) is 8.83. The van der Waals surface area contributed by atoms with Crippen LogP contribution in [-0.4, -0.2) is 38.9 Å². The Morgan fingerprint density at radius 3 is 2.78 bits per heavy atom. The van der Waals surface area contributed by atoms with Crippen LogP contribution in [0.4, 0.5) is 0 Å². The summed E-state index contributed by atoms with van der Waals surface area (Å²) in [4.78, 5) is 0.628. The zero-order valence-corrected chi connectivity index (χ0v) is 12.6. The average Bonchev–Trinajstić information content (AvgIpc) is 2.80. The molecule has 0 aliphatic carbocycles. The summed E-state index contributed by atoms with van der Waals surface area (Å²) in [5, 5.41) is 9.28. The predicted octanol–water partition coefficient (Wildman–Crippen LogP) is 2.14. The van der Waals surface area contributed by atoms with E-state index in [4.69, 9.17) is 4.74 Å². The fraction of sp³-hybridized carbons (Fsp3) is 0.600. The zero-order chi connectivity index (χ0) is 12.8. The van der Waals surface area contributed by atoms with E-state index in [1.165, 1.54) is 17.3 Å². The van der Waals surface area contributed by atoms with Crippen molar-refractivity contribution in [1.29, 1.82) is 0 Å². The molecule has 1 aromatic rings. The Balaban J connectivity index is 1.95. The molecule has 3 heteroatoms. The molecule has 0 bridgehead atoms. The van der Waals surface area contributed by atoms with Crippen molar-refractivity contribution >= 4 is 19.4 Å². The van der Waals surface area contributed by atoms with Gasteiger partial charge in [0.15, 0.2) is 0 Å². The SMILES string of the molecule is CCCC[C@@H]1O[C@H](CO)C[C@H]1[Se]c1ccccc1. The van der Waals surface area contributed by atoms with Crippen molar-refractivity contribution in [3.63, 3.8) is 0 Å². The van der Waals surface area contributed by atoms with Crippen LogP contribution in [0, 0.1) is 0 Å². The van der Waals surface area contributed by atoms with E-state index >= 15 is 0 Å². The second-order valence-corrected chi connectivity index (χ2v) is 7.58. The molecule has 0 unspecified atom stereocenters. The van der Waals surface area contributed by atoms with Crippen molar-refractivity contribution in [2.45, 2.75) is 49.6 Å². The third kappa shape index (κ3) is 3.83. The molecular weight excluding hydrogens is 291 g/mol. The van der Waals surface area contributed by atoms with Crippen molar-refractivity contribution in [2.75, 3.05) is 6.61 Å². The monoisotopic (exact) mass is 314 g/mol. The number of benzene rings is 1. The van der Waals surface area contributed by atoms with Gasteiger partial charge in [-0.05, 0) is 0 Å². The van der Waals surface area contributed by atoms with Gasteiger partial charge in [-0.3, -0.25) is 0 Å². The van der Waals surface area contributed by atoms with Gasteiger partial charge in [0.25, 0.3) is 0 Å². The third-order valence-corrected chi connectivity index (χ3v) is 6.17. The molecule has 0 aromatic heterocycles. The van der Waals surface area contributed by atoms with Crippen LogP contribution in [0.1, 0.15) is 32.6 Å². The fourth-order valence-electron chi connectivity index (χ4n) is 2.38. The summed E-state index contributed by atoms with van der Waals surface area (Å²) in [5.41, 5.74) is 0. The third-order valence-electron chi connectivity index (χ3n) is 3.35. The summed E-state index contributed by atoms with van der Waals surface area (Å²) in [5.74, 6) is 0. The van der Waals surface area contributed by atoms with Crippen molar-refractivity contribution in [3.05, 3.63) is 30.3 Å². The molecule has 1 aromatic carbocycles. The Morgan fingerprint density at radius 1 is 1.33 bits per heavy atom. The maximum absolute atomic E-state index is 9.28. The number of hydrogen-bond acceptors (Lipinski definition) is 2. The first-order valence-electron chi connectivity index (χ1n) is 6.81. The van der Waals surface area contributed by atoms with E-state index in [-0.39, 0.29) is 12.7 Å². The Kier molecular flexibility index (Phi) is 5.71. The topological polar surface area (TPSA) is 29.5 Å². The van der Waals surface area contributed by atoms with Crippen LogP contribution in [0.3, 0.4) is 0 Å². The summed E-state index contributed by atoms with van der Waals surface area (Å²) in [6, 6.07) is 10.7. The Labute approximate surface area is 116 Å². The molecule has 1 saturated heterocycles. The van der Waals surface area contributed by atoms with Crippen LogP contribution in [-0.2, 0) is 4.74 Å². The van der Waals surface area contributed by atoms with Crippen LogP contribution in [0.15, 0.2) is 30.3 Å². The summed E-state index contributed by atoms with van der Waals surface area (Å²) in [6.07, 6.45) is 5.05. The van der Waals surface area contributed by atoms with Crippen LogP contribution in [0.5, 0.6) is 0 Å². The minimum atomic E-state index is 0.0717.